The average Bonchev–Trinajstić information content (AvgIpc) is 2.89. The highest BCUT2D eigenvalue weighted by Crippen LogP contribution is 2.26. The molecule has 0 aromatic rings. The second-order valence-corrected chi connectivity index (χ2v) is 5.98. The molecule has 1 saturated carbocycles. The van der Waals surface area contributed by atoms with Gasteiger partial charge in [0.2, 0.25) is 0 Å². The van der Waals surface area contributed by atoms with Crippen molar-refractivity contribution in [3.8, 4) is 0 Å². The van der Waals surface area contributed by atoms with Crippen molar-refractivity contribution in [2.24, 2.45) is 5.92 Å². The minimum absolute atomic E-state index is 0.832. The predicted molar refractivity (Wildman–Crippen MR) is 74.3 cm³/mol. The summed E-state index contributed by atoms with van der Waals surface area (Å²) in [5, 5.41) is 3.51. The second-order valence-electron chi connectivity index (χ2n) is 5.98. The molecule has 0 aromatic heterocycles. The monoisotopic (exact) mass is 238 g/mol. The maximum atomic E-state index is 3.51. The number of hydrogen-bond acceptors (Lipinski definition) is 2. The van der Waals surface area contributed by atoms with E-state index in [9.17, 15) is 0 Å². The van der Waals surface area contributed by atoms with Crippen LogP contribution in [0, 0.1) is 5.92 Å². The van der Waals surface area contributed by atoms with Gasteiger partial charge in [0, 0.05) is 12.6 Å². The van der Waals surface area contributed by atoms with Gasteiger partial charge in [-0.2, -0.15) is 0 Å². The van der Waals surface area contributed by atoms with Crippen LogP contribution in [0.2, 0.25) is 0 Å². The molecule has 100 valence electrons. The van der Waals surface area contributed by atoms with Crippen molar-refractivity contribution in [3.63, 3.8) is 0 Å². The van der Waals surface area contributed by atoms with E-state index in [0.29, 0.717) is 0 Å². The lowest BCUT2D eigenvalue weighted by Crippen LogP contribution is -2.38. The van der Waals surface area contributed by atoms with E-state index < -0.39 is 0 Å². The molecule has 2 rings (SSSR count). The fourth-order valence-corrected chi connectivity index (χ4v) is 3.54. The van der Waals surface area contributed by atoms with E-state index in [1.165, 1.54) is 77.5 Å². The second kappa shape index (κ2) is 7.38. The first kappa shape index (κ1) is 13.4. The number of rotatable bonds is 6. The zero-order chi connectivity index (χ0) is 11.9. The third kappa shape index (κ3) is 4.26. The third-order valence-corrected chi connectivity index (χ3v) is 4.61. The molecule has 1 aliphatic carbocycles. The summed E-state index contributed by atoms with van der Waals surface area (Å²) in [6, 6.07) is 0.832. The molecule has 17 heavy (non-hydrogen) atoms. The van der Waals surface area contributed by atoms with Gasteiger partial charge in [-0.1, -0.05) is 39.0 Å². The van der Waals surface area contributed by atoms with Crippen molar-refractivity contribution in [2.75, 3.05) is 26.2 Å². The summed E-state index contributed by atoms with van der Waals surface area (Å²) in [4.78, 5) is 2.76. The van der Waals surface area contributed by atoms with Gasteiger partial charge in [0.05, 0.1) is 0 Å². The van der Waals surface area contributed by atoms with Crippen LogP contribution in [0.1, 0.15) is 58.3 Å². The van der Waals surface area contributed by atoms with E-state index in [1.54, 1.807) is 0 Å². The van der Waals surface area contributed by atoms with E-state index in [4.69, 9.17) is 0 Å². The Bertz CT molecular complexity index is 193. The van der Waals surface area contributed by atoms with Gasteiger partial charge in [0.25, 0.3) is 0 Å². The molecule has 2 heteroatoms. The topological polar surface area (TPSA) is 15.3 Å². The maximum Gasteiger partial charge on any atom is 0.0232 e. The van der Waals surface area contributed by atoms with Gasteiger partial charge in [-0.3, -0.25) is 4.90 Å². The summed E-state index contributed by atoms with van der Waals surface area (Å²) in [7, 11) is 0. The van der Waals surface area contributed by atoms with Crippen LogP contribution >= 0.6 is 0 Å². The van der Waals surface area contributed by atoms with E-state index in [-0.39, 0.29) is 0 Å². The van der Waals surface area contributed by atoms with Crippen molar-refractivity contribution in [1.82, 2.24) is 10.2 Å². The molecule has 1 saturated heterocycles. The first-order valence-electron chi connectivity index (χ1n) is 7.85. The molecular weight excluding hydrogens is 208 g/mol. The Morgan fingerprint density at radius 2 is 1.88 bits per heavy atom. The summed E-state index contributed by atoms with van der Waals surface area (Å²) in [6.07, 6.45) is 11.6. The number of nitrogens with zero attached hydrogens (tertiary/aromatic N) is 1. The van der Waals surface area contributed by atoms with Crippen LogP contribution in [0.25, 0.3) is 0 Å². The summed E-state index contributed by atoms with van der Waals surface area (Å²) < 4.78 is 0. The summed E-state index contributed by atoms with van der Waals surface area (Å²) in [6.45, 7) is 7.43. The molecule has 2 fully saturated rings. The van der Waals surface area contributed by atoms with Gasteiger partial charge in [-0.05, 0) is 44.8 Å². The van der Waals surface area contributed by atoms with Crippen LogP contribution in [0.3, 0.4) is 0 Å². The third-order valence-electron chi connectivity index (χ3n) is 4.61. The molecule has 0 aromatic carbocycles. The van der Waals surface area contributed by atoms with E-state index in [1.807, 2.05) is 0 Å². The minimum Gasteiger partial charge on any atom is -0.315 e. The molecule has 1 N–H and O–H groups in total. The fraction of sp³-hybridized carbons (Fsp3) is 1.00. The summed E-state index contributed by atoms with van der Waals surface area (Å²) in [5.41, 5.74) is 0. The molecule has 1 atom stereocenters. The molecule has 1 aliphatic heterocycles. The molecule has 0 bridgehead atoms. The van der Waals surface area contributed by atoms with Crippen LogP contribution in [-0.2, 0) is 0 Å². The van der Waals surface area contributed by atoms with Crippen LogP contribution in [0.4, 0.5) is 0 Å². The van der Waals surface area contributed by atoms with E-state index in [0.717, 1.165) is 12.0 Å². The Hall–Kier alpha value is -0.0800. The molecule has 0 radical (unpaired) electrons. The molecule has 1 heterocycles. The first-order chi connectivity index (χ1) is 8.40. The Morgan fingerprint density at radius 1 is 1.06 bits per heavy atom. The smallest absolute Gasteiger partial charge is 0.0232 e. The molecule has 0 amide bonds. The SMILES string of the molecule is CCCN(CCC1CCCCC1)C1CCNC1. The molecular formula is C15H30N2. The standard InChI is InChI=1S/C15H30N2/c1-2-11-17(15-8-10-16-13-15)12-9-14-6-4-3-5-7-14/h14-16H,2-13H2,1H3. The highest BCUT2D eigenvalue weighted by molar-refractivity contribution is 4.81. The van der Waals surface area contributed by atoms with Gasteiger partial charge in [0.15, 0.2) is 0 Å². The number of hydrogen-bond donors (Lipinski definition) is 1. The van der Waals surface area contributed by atoms with Gasteiger partial charge in [-0.15, -0.1) is 0 Å². The van der Waals surface area contributed by atoms with Crippen molar-refractivity contribution >= 4 is 0 Å². The predicted octanol–water partition coefficient (Wildman–Crippen LogP) is 3.03. The van der Waals surface area contributed by atoms with Gasteiger partial charge >= 0.3 is 0 Å². The lowest BCUT2D eigenvalue weighted by atomic mass is 9.87. The Balaban J connectivity index is 1.72. The minimum atomic E-state index is 0.832. The van der Waals surface area contributed by atoms with Crippen molar-refractivity contribution in [1.29, 1.82) is 0 Å². The first-order valence-corrected chi connectivity index (χ1v) is 7.85. The van der Waals surface area contributed by atoms with Gasteiger partial charge in [0.1, 0.15) is 0 Å². The fourth-order valence-electron chi connectivity index (χ4n) is 3.54. The molecule has 0 spiro atoms. The molecule has 1 unspecified atom stereocenters. The van der Waals surface area contributed by atoms with Crippen LogP contribution in [0.5, 0.6) is 0 Å². The molecule has 2 aliphatic rings. The Labute approximate surface area is 107 Å². The van der Waals surface area contributed by atoms with Crippen molar-refractivity contribution in [2.45, 2.75) is 64.3 Å². The highest BCUT2D eigenvalue weighted by Gasteiger charge is 2.22. The average molecular weight is 238 g/mol. The van der Waals surface area contributed by atoms with Crippen LogP contribution in [-0.4, -0.2) is 37.1 Å². The zero-order valence-electron chi connectivity index (χ0n) is 11.6. The Morgan fingerprint density at radius 3 is 2.53 bits per heavy atom. The quantitative estimate of drug-likeness (QED) is 0.765. The Kier molecular flexibility index (Phi) is 5.79. The largest absolute Gasteiger partial charge is 0.315 e. The van der Waals surface area contributed by atoms with Crippen LogP contribution in [0.15, 0.2) is 0 Å². The maximum absolute atomic E-state index is 3.51. The lowest BCUT2D eigenvalue weighted by Gasteiger charge is -2.30. The van der Waals surface area contributed by atoms with Gasteiger partial charge < -0.3 is 5.32 Å². The number of nitrogens with one attached hydrogen (secondary N) is 1. The van der Waals surface area contributed by atoms with Crippen LogP contribution < -0.4 is 5.32 Å². The van der Waals surface area contributed by atoms with E-state index >= 15 is 0 Å². The van der Waals surface area contributed by atoms with Crippen molar-refractivity contribution < 1.29 is 0 Å². The normalized spacial score (nSPS) is 26.8. The highest BCUT2D eigenvalue weighted by atomic mass is 15.2. The van der Waals surface area contributed by atoms with Crippen molar-refractivity contribution in [3.05, 3.63) is 0 Å². The van der Waals surface area contributed by atoms with Gasteiger partial charge in [-0.25, -0.2) is 0 Å². The lowest BCUT2D eigenvalue weighted by molar-refractivity contribution is 0.183. The zero-order valence-corrected chi connectivity index (χ0v) is 11.6. The summed E-state index contributed by atoms with van der Waals surface area (Å²) in [5.74, 6) is 1.04. The van der Waals surface area contributed by atoms with E-state index in [2.05, 4.69) is 17.1 Å². The molecule has 2 nitrogen and oxygen atoms in total. The summed E-state index contributed by atoms with van der Waals surface area (Å²) >= 11 is 0.